The topological polar surface area (TPSA) is 62.7 Å². The minimum atomic E-state index is -3.33. The van der Waals surface area contributed by atoms with E-state index in [1.807, 2.05) is 19.1 Å². The molecule has 2 heterocycles. The molecule has 0 aliphatic carbocycles. The molecule has 0 saturated carbocycles. The van der Waals surface area contributed by atoms with Crippen LogP contribution >= 0.6 is 0 Å². The molecule has 7 heteroatoms. The Morgan fingerprint density at radius 2 is 1.75 bits per heavy atom. The van der Waals surface area contributed by atoms with Gasteiger partial charge in [0.25, 0.3) is 10.2 Å². The molecule has 2 aromatic rings. The average Bonchev–Trinajstić information content (AvgIpc) is 2.68. The summed E-state index contributed by atoms with van der Waals surface area (Å²) in [6.07, 6.45) is 2.44. The SMILES string of the molecule is COc1ccc(Cc2cc(C)nc(C3CCN(S(=O)(=O)N(C)C)CC3)c2)cc1. The van der Waals surface area contributed by atoms with E-state index >= 15 is 0 Å². The van der Waals surface area contributed by atoms with E-state index in [0.717, 1.165) is 36.4 Å². The third kappa shape index (κ3) is 4.71. The van der Waals surface area contributed by atoms with Crippen molar-refractivity contribution >= 4 is 10.2 Å². The highest BCUT2D eigenvalue weighted by molar-refractivity contribution is 7.86. The minimum Gasteiger partial charge on any atom is -0.497 e. The van der Waals surface area contributed by atoms with Gasteiger partial charge in [0.05, 0.1) is 7.11 Å². The Labute approximate surface area is 168 Å². The van der Waals surface area contributed by atoms with Gasteiger partial charge in [0, 0.05) is 44.5 Å². The molecule has 1 aromatic heterocycles. The van der Waals surface area contributed by atoms with Crippen LogP contribution in [0, 0.1) is 6.92 Å². The van der Waals surface area contributed by atoms with Gasteiger partial charge in [-0.05, 0) is 61.6 Å². The van der Waals surface area contributed by atoms with Crippen molar-refractivity contribution in [3.63, 3.8) is 0 Å². The second kappa shape index (κ2) is 8.59. The quantitative estimate of drug-likeness (QED) is 0.744. The molecular formula is C21H29N3O3S. The zero-order valence-corrected chi connectivity index (χ0v) is 17.9. The number of hydrogen-bond donors (Lipinski definition) is 0. The fraction of sp³-hybridized carbons (Fsp3) is 0.476. The molecule has 1 aliphatic heterocycles. The van der Waals surface area contributed by atoms with Crippen LogP contribution in [0.5, 0.6) is 5.75 Å². The predicted octanol–water partition coefficient (Wildman–Crippen LogP) is 2.98. The Hall–Kier alpha value is -1.96. The summed E-state index contributed by atoms with van der Waals surface area (Å²) in [5, 5.41) is 0. The van der Waals surface area contributed by atoms with E-state index in [1.54, 1.807) is 25.5 Å². The van der Waals surface area contributed by atoms with Crippen LogP contribution in [0.15, 0.2) is 36.4 Å². The molecule has 0 spiro atoms. The van der Waals surface area contributed by atoms with E-state index in [9.17, 15) is 8.42 Å². The molecule has 0 radical (unpaired) electrons. The number of hydrogen-bond acceptors (Lipinski definition) is 4. The zero-order chi connectivity index (χ0) is 20.3. The van der Waals surface area contributed by atoms with Crippen molar-refractivity contribution in [2.75, 3.05) is 34.3 Å². The van der Waals surface area contributed by atoms with Crippen molar-refractivity contribution < 1.29 is 13.2 Å². The Morgan fingerprint density at radius 3 is 2.32 bits per heavy atom. The lowest BCUT2D eigenvalue weighted by molar-refractivity contribution is 0.300. The monoisotopic (exact) mass is 403 g/mol. The highest BCUT2D eigenvalue weighted by Crippen LogP contribution is 2.29. The number of piperidine rings is 1. The summed E-state index contributed by atoms with van der Waals surface area (Å²) in [6, 6.07) is 12.4. The number of benzene rings is 1. The van der Waals surface area contributed by atoms with Gasteiger partial charge in [0.15, 0.2) is 0 Å². The molecule has 152 valence electrons. The summed E-state index contributed by atoms with van der Waals surface area (Å²) >= 11 is 0. The minimum absolute atomic E-state index is 0.295. The summed E-state index contributed by atoms with van der Waals surface area (Å²) in [4.78, 5) is 4.75. The predicted molar refractivity (Wildman–Crippen MR) is 111 cm³/mol. The van der Waals surface area contributed by atoms with Crippen molar-refractivity contribution in [1.82, 2.24) is 13.6 Å². The second-order valence-corrected chi connectivity index (χ2v) is 9.67. The van der Waals surface area contributed by atoms with Gasteiger partial charge in [-0.2, -0.15) is 17.0 Å². The maximum absolute atomic E-state index is 12.3. The summed E-state index contributed by atoms with van der Waals surface area (Å²) in [7, 11) is 1.49. The Balaban J connectivity index is 1.71. The van der Waals surface area contributed by atoms with Crippen molar-refractivity contribution in [3.8, 4) is 5.75 Å². The highest BCUT2D eigenvalue weighted by atomic mass is 32.2. The van der Waals surface area contributed by atoms with Crippen LogP contribution < -0.4 is 4.74 Å². The van der Waals surface area contributed by atoms with E-state index in [2.05, 4.69) is 24.3 Å². The zero-order valence-electron chi connectivity index (χ0n) is 17.1. The number of methoxy groups -OCH3 is 1. The van der Waals surface area contributed by atoms with Crippen molar-refractivity contribution in [2.45, 2.75) is 32.1 Å². The van der Waals surface area contributed by atoms with Gasteiger partial charge >= 0.3 is 0 Å². The summed E-state index contributed by atoms with van der Waals surface area (Å²) in [5.74, 6) is 1.15. The lowest BCUT2D eigenvalue weighted by Gasteiger charge is -2.32. The molecule has 28 heavy (non-hydrogen) atoms. The lowest BCUT2D eigenvalue weighted by Crippen LogP contribution is -2.44. The molecule has 0 N–H and O–H groups in total. The molecule has 0 amide bonds. The number of aromatic nitrogens is 1. The maximum Gasteiger partial charge on any atom is 0.281 e. The van der Waals surface area contributed by atoms with Crippen LogP contribution in [0.4, 0.5) is 0 Å². The van der Waals surface area contributed by atoms with Crippen molar-refractivity contribution in [2.24, 2.45) is 0 Å². The number of nitrogens with zero attached hydrogens (tertiary/aromatic N) is 3. The summed E-state index contributed by atoms with van der Waals surface area (Å²) in [6.45, 7) is 3.09. The van der Waals surface area contributed by atoms with E-state index in [4.69, 9.17) is 9.72 Å². The standard InChI is InChI=1S/C21H29N3O3S/c1-16-13-18(14-17-5-7-20(27-4)8-6-17)15-21(22-16)19-9-11-24(12-10-19)28(25,26)23(2)3/h5-8,13,15,19H,9-12,14H2,1-4H3. The Kier molecular flexibility index (Phi) is 6.37. The normalized spacial score (nSPS) is 16.5. The van der Waals surface area contributed by atoms with E-state index in [0.29, 0.717) is 19.0 Å². The maximum atomic E-state index is 12.3. The number of ether oxygens (including phenoxy) is 1. The lowest BCUT2D eigenvalue weighted by atomic mass is 9.92. The average molecular weight is 404 g/mol. The number of rotatable bonds is 6. The largest absolute Gasteiger partial charge is 0.497 e. The Morgan fingerprint density at radius 1 is 1.11 bits per heavy atom. The first-order valence-corrected chi connectivity index (χ1v) is 11.0. The van der Waals surface area contributed by atoms with Crippen molar-refractivity contribution in [3.05, 3.63) is 58.9 Å². The van der Waals surface area contributed by atoms with E-state index < -0.39 is 10.2 Å². The molecule has 6 nitrogen and oxygen atoms in total. The van der Waals surface area contributed by atoms with Crippen LogP contribution in [0.3, 0.4) is 0 Å². The van der Waals surface area contributed by atoms with E-state index in [-0.39, 0.29) is 0 Å². The van der Waals surface area contributed by atoms with Gasteiger partial charge in [-0.25, -0.2) is 0 Å². The summed E-state index contributed by atoms with van der Waals surface area (Å²) in [5.41, 5.74) is 4.54. The second-order valence-electron chi connectivity index (χ2n) is 7.53. The van der Waals surface area contributed by atoms with Crippen LogP contribution in [-0.2, 0) is 16.6 Å². The highest BCUT2D eigenvalue weighted by Gasteiger charge is 2.30. The van der Waals surface area contributed by atoms with Gasteiger partial charge in [0.2, 0.25) is 0 Å². The van der Waals surface area contributed by atoms with Crippen LogP contribution in [0.1, 0.15) is 41.3 Å². The first-order valence-electron chi connectivity index (χ1n) is 9.57. The molecule has 1 saturated heterocycles. The molecule has 1 aromatic carbocycles. The molecule has 1 aliphatic rings. The van der Waals surface area contributed by atoms with Gasteiger partial charge in [-0.15, -0.1) is 0 Å². The first-order chi connectivity index (χ1) is 13.3. The van der Waals surface area contributed by atoms with Crippen molar-refractivity contribution in [1.29, 1.82) is 0 Å². The first kappa shape index (κ1) is 20.8. The molecule has 0 unspecified atom stereocenters. The third-order valence-corrected chi connectivity index (χ3v) is 7.20. The van der Waals surface area contributed by atoms with Gasteiger partial charge in [0.1, 0.15) is 5.75 Å². The molecule has 0 atom stereocenters. The fourth-order valence-electron chi connectivity index (χ4n) is 3.67. The molecule has 3 rings (SSSR count). The van der Waals surface area contributed by atoms with Crippen LogP contribution in [0.25, 0.3) is 0 Å². The number of aryl methyl sites for hydroxylation is 1. The van der Waals surface area contributed by atoms with Crippen LogP contribution in [-0.4, -0.2) is 56.3 Å². The fourth-order valence-corrected chi connectivity index (χ4v) is 4.81. The van der Waals surface area contributed by atoms with Crippen LogP contribution in [0.2, 0.25) is 0 Å². The van der Waals surface area contributed by atoms with Gasteiger partial charge < -0.3 is 4.74 Å². The summed E-state index contributed by atoms with van der Waals surface area (Å²) < 4.78 is 32.7. The van der Waals surface area contributed by atoms with Gasteiger partial charge in [-0.1, -0.05) is 12.1 Å². The molecular weight excluding hydrogens is 374 g/mol. The molecule has 0 bridgehead atoms. The smallest absolute Gasteiger partial charge is 0.281 e. The van der Waals surface area contributed by atoms with Gasteiger partial charge in [-0.3, -0.25) is 4.98 Å². The number of pyridine rings is 1. The Bertz CT molecular complexity index is 903. The third-order valence-electron chi connectivity index (χ3n) is 5.26. The van der Waals surface area contributed by atoms with E-state index in [1.165, 1.54) is 15.4 Å². The molecule has 1 fully saturated rings.